The molecular formula is C22H36Cl2O2. The van der Waals surface area contributed by atoms with E-state index < -0.39 is 0 Å². The molecule has 0 amide bonds. The Balaban J connectivity index is 1.82. The summed E-state index contributed by atoms with van der Waals surface area (Å²) in [5.74, 6) is 4.44. The van der Waals surface area contributed by atoms with Gasteiger partial charge in [0.15, 0.2) is 0 Å². The van der Waals surface area contributed by atoms with Crippen molar-refractivity contribution in [3.63, 3.8) is 0 Å². The van der Waals surface area contributed by atoms with Crippen molar-refractivity contribution in [1.82, 2.24) is 0 Å². The summed E-state index contributed by atoms with van der Waals surface area (Å²) < 4.78 is 0. The van der Waals surface area contributed by atoms with Gasteiger partial charge in [-0.3, -0.25) is 9.59 Å². The molecule has 2 aliphatic carbocycles. The molecule has 0 aliphatic heterocycles. The molecule has 2 fully saturated rings. The third kappa shape index (κ3) is 6.23. The number of hydrogen-bond donors (Lipinski definition) is 0. The van der Waals surface area contributed by atoms with Crippen LogP contribution in [0.25, 0.3) is 0 Å². The molecule has 0 radical (unpaired) electrons. The molecule has 6 unspecified atom stereocenters. The first-order valence-corrected chi connectivity index (χ1v) is 11.7. The van der Waals surface area contributed by atoms with Crippen LogP contribution in [0.15, 0.2) is 0 Å². The molecule has 0 aromatic carbocycles. The zero-order valence-corrected chi connectivity index (χ0v) is 18.0. The predicted octanol–water partition coefficient (Wildman–Crippen LogP) is 6.27. The Morgan fingerprint density at radius 1 is 0.731 bits per heavy atom. The van der Waals surface area contributed by atoms with Crippen molar-refractivity contribution in [3.05, 3.63) is 0 Å². The summed E-state index contributed by atoms with van der Waals surface area (Å²) in [5, 5.41) is 0. The summed E-state index contributed by atoms with van der Waals surface area (Å²) in [6.45, 7) is 4.45. The molecule has 2 aliphatic rings. The SMILES string of the molecule is CC1CCC(CCC2CCC(C)C(C(=O)CCCl)C2)CC1C(=O)CCCl. The van der Waals surface area contributed by atoms with Crippen molar-refractivity contribution in [2.75, 3.05) is 11.8 Å². The number of halogens is 2. The minimum Gasteiger partial charge on any atom is -0.299 e. The molecule has 0 saturated heterocycles. The Morgan fingerprint density at radius 2 is 1.12 bits per heavy atom. The first-order valence-electron chi connectivity index (χ1n) is 10.6. The van der Waals surface area contributed by atoms with E-state index in [4.69, 9.17) is 23.2 Å². The van der Waals surface area contributed by atoms with Crippen LogP contribution in [0.4, 0.5) is 0 Å². The van der Waals surface area contributed by atoms with E-state index in [9.17, 15) is 9.59 Å². The first kappa shape index (κ1) is 22.2. The lowest BCUT2D eigenvalue weighted by atomic mass is 9.68. The maximum Gasteiger partial charge on any atom is 0.137 e. The van der Waals surface area contributed by atoms with Crippen LogP contribution >= 0.6 is 23.2 Å². The van der Waals surface area contributed by atoms with E-state index in [0.717, 1.165) is 12.8 Å². The van der Waals surface area contributed by atoms with E-state index in [1.807, 2.05) is 0 Å². The molecule has 0 aromatic rings. The minimum absolute atomic E-state index is 0.219. The third-order valence-electron chi connectivity index (χ3n) is 7.10. The fourth-order valence-electron chi connectivity index (χ4n) is 5.27. The molecule has 0 N–H and O–H groups in total. The van der Waals surface area contributed by atoms with Crippen molar-refractivity contribution in [3.8, 4) is 0 Å². The summed E-state index contributed by atoms with van der Waals surface area (Å²) in [7, 11) is 0. The number of ketones is 2. The highest BCUT2D eigenvalue weighted by Gasteiger charge is 2.34. The number of rotatable bonds is 9. The molecule has 0 bridgehead atoms. The van der Waals surface area contributed by atoms with Crippen molar-refractivity contribution < 1.29 is 9.59 Å². The molecule has 4 heteroatoms. The molecule has 2 nitrogen and oxygen atoms in total. The maximum absolute atomic E-state index is 12.3. The molecule has 2 saturated carbocycles. The molecule has 6 atom stereocenters. The second-order valence-electron chi connectivity index (χ2n) is 8.91. The lowest BCUT2D eigenvalue weighted by Crippen LogP contribution is -2.31. The van der Waals surface area contributed by atoms with Crippen LogP contribution in [0.1, 0.15) is 78.1 Å². The van der Waals surface area contributed by atoms with E-state index in [2.05, 4.69) is 13.8 Å². The second-order valence-corrected chi connectivity index (χ2v) is 9.67. The number of hydrogen-bond acceptors (Lipinski definition) is 2. The van der Waals surface area contributed by atoms with Gasteiger partial charge in [-0.1, -0.05) is 39.5 Å². The molecule has 0 spiro atoms. The van der Waals surface area contributed by atoms with Gasteiger partial charge in [0.05, 0.1) is 0 Å². The summed E-state index contributed by atoms with van der Waals surface area (Å²) in [4.78, 5) is 24.7. The van der Waals surface area contributed by atoms with E-state index in [0.29, 0.717) is 59.8 Å². The van der Waals surface area contributed by atoms with Crippen LogP contribution in [0.2, 0.25) is 0 Å². The lowest BCUT2D eigenvalue weighted by Gasteiger charge is -2.36. The standard InChI is InChI=1S/C22H36Cl2O2/c1-15-3-5-17(13-19(15)21(25)9-11-23)7-8-18-6-4-16(2)20(14-18)22(26)10-12-24/h15-20H,3-14H2,1-2H3. The average Bonchev–Trinajstić information content (AvgIpc) is 2.62. The van der Waals surface area contributed by atoms with Crippen molar-refractivity contribution in [1.29, 1.82) is 0 Å². The van der Waals surface area contributed by atoms with Crippen LogP contribution in [0.3, 0.4) is 0 Å². The Bertz CT molecular complexity index is 423. The quantitative estimate of drug-likeness (QED) is 0.425. The highest BCUT2D eigenvalue weighted by atomic mass is 35.5. The highest BCUT2D eigenvalue weighted by molar-refractivity contribution is 6.19. The van der Waals surface area contributed by atoms with Crippen molar-refractivity contribution in [2.45, 2.75) is 78.1 Å². The molecule has 0 aromatic heterocycles. The van der Waals surface area contributed by atoms with Crippen LogP contribution in [0.5, 0.6) is 0 Å². The van der Waals surface area contributed by atoms with Gasteiger partial charge in [0.1, 0.15) is 11.6 Å². The second kappa shape index (κ2) is 11.1. The zero-order chi connectivity index (χ0) is 19.1. The van der Waals surface area contributed by atoms with E-state index in [-0.39, 0.29) is 11.8 Å². The number of carbonyl (C=O) groups excluding carboxylic acids is 2. The van der Waals surface area contributed by atoms with Crippen LogP contribution in [0, 0.1) is 35.5 Å². The predicted molar refractivity (Wildman–Crippen MR) is 110 cm³/mol. The minimum atomic E-state index is 0.219. The summed E-state index contributed by atoms with van der Waals surface area (Å²) in [6, 6.07) is 0. The summed E-state index contributed by atoms with van der Waals surface area (Å²) >= 11 is 11.6. The van der Waals surface area contributed by atoms with Crippen LogP contribution in [-0.4, -0.2) is 23.3 Å². The average molecular weight is 403 g/mol. The molecule has 0 heterocycles. The van der Waals surface area contributed by atoms with Gasteiger partial charge in [-0.25, -0.2) is 0 Å². The Labute approximate surface area is 169 Å². The maximum atomic E-state index is 12.3. The molecule has 2 rings (SSSR count). The van der Waals surface area contributed by atoms with E-state index >= 15 is 0 Å². The first-order chi connectivity index (χ1) is 12.5. The number of alkyl halides is 2. The summed E-state index contributed by atoms with van der Waals surface area (Å²) in [6.07, 6.45) is 10.4. The van der Waals surface area contributed by atoms with Crippen molar-refractivity contribution >= 4 is 34.8 Å². The van der Waals surface area contributed by atoms with E-state index in [1.165, 1.54) is 38.5 Å². The van der Waals surface area contributed by atoms with Gasteiger partial charge in [-0.15, -0.1) is 23.2 Å². The Morgan fingerprint density at radius 3 is 1.46 bits per heavy atom. The van der Waals surface area contributed by atoms with Gasteiger partial charge in [-0.05, 0) is 49.4 Å². The van der Waals surface area contributed by atoms with Gasteiger partial charge in [0.2, 0.25) is 0 Å². The highest BCUT2D eigenvalue weighted by Crippen LogP contribution is 2.41. The monoisotopic (exact) mass is 402 g/mol. The van der Waals surface area contributed by atoms with Crippen molar-refractivity contribution in [2.24, 2.45) is 35.5 Å². The normalized spacial score (nSPS) is 35.2. The fraction of sp³-hybridized carbons (Fsp3) is 0.909. The van der Waals surface area contributed by atoms with Crippen LogP contribution in [-0.2, 0) is 9.59 Å². The molecular weight excluding hydrogens is 367 g/mol. The van der Waals surface area contributed by atoms with Gasteiger partial charge in [0.25, 0.3) is 0 Å². The van der Waals surface area contributed by atoms with E-state index in [1.54, 1.807) is 0 Å². The third-order valence-corrected chi connectivity index (χ3v) is 7.48. The topological polar surface area (TPSA) is 34.1 Å². The Kier molecular flexibility index (Phi) is 9.44. The van der Waals surface area contributed by atoms with Gasteiger partial charge in [0, 0.05) is 36.4 Å². The fourth-order valence-corrected chi connectivity index (χ4v) is 5.64. The van der Waals surface area contributed by atoms with Gasteiger partial charge < -0.3 is 0 Å². The largest absolute Gasteiger partial charge is 0.299 e. The van der Waals surface area contributed by atoms with Gasteiger partial charge in [-0.2, -0.15) is 0 Å². The van der Waals surface area contributed by atoms with Crippen LogP contribution < -0.4 is 0 Å². The molecule has 150 valence electrons. The zero-order valence-electron chi connectivity index (χ0n) is 16.5. The summed E-state index contributed by atoms with van der Waals surface area (Å²) in [5.41, 5.74) is 0. The lowest BCUT2D eigenvalue weighted by molar-refractivity contribution is -0.126. The van der Waals surface area contributed by atoms with Gasteiger partial charge >= 0.3 is 0 Å². The molecule has 26 heavy (non-hydrogen) atoms. The Hall–Kier alpha value is -0.0800. The number of Topliss-reactive ketones (excluding diaryl/α,β-unsaturated/α-hetero) is 2. The number of carbonyl (C=O) groups is 2. The smallest absolute Gasteiger partial charge is 0.137 e.